The molecule has 1 aliphatic carbocycles. The van der Waals surface area contributed by atoms with Gasteiger partial charge < -0.3 is 15.2 Å². The van der Waals surface area contributed by atoms with Crippen LogP contribution < -0.4 is 10.1 Å². The van der Waals surface area contributed by atoms with Gasteiger partial charge in [0.15, 0.2) is 0 Å². The molecular formula is C18H22FN3O3S. The maximum absolute atomic E-state index is 13.8. The van der Waals surface area contributed by atoms with Crippen molar-refractivity contribution in [2.24, 2.45) is 5.92 Å². The van der Waals surface area contributed by atoms with Crippen LogP contribution in [-0.4, -0.2) is 33.8 Å². The van der Waals surface area contributed by atoms with Gasteiger partial charge in [-0.25, -0.2) is 4.39 Å². The van der Waals surface area contributed by atoms with Crippen LogP contribution in [0.3, 0.4) is 0 Å². The molecule has 0 saturated heterocycles. The van der Waals surface area contributed by atoms with Crippen molar-refractivity contribution >= 4 is 17.4 Å². The van der Waals surface area contributed by atoms with Crippen LogP contribution in [0.2, 0.25) is 0 Å². The summed E-state index contributed by atoms with van der Waals surface area (Å²) in [5.41, 5.74) is 1.25. The number of methoxy groups -OCH3 is 1. The number of benzene rings is 1. The second kappa shape index (κ2) is 8.09. The highest BCUT2D eigenvalue weighted by atomic mass is 32.1. The van der Waals surface area contributed by atoms with Gasteiger partial charge in [-0.2, -0.15) is 0 Å². The van der Waals surface area contributed by atoms with Crippen molar-refractivity contribution in [1.82, 2.24) is 14.9 Å². The molecule has 26 heavy (non-hydrogen) atoms. The molecule has 0 aliphatic heterocycles. The van der Waals surface area contributed by atoms with E-state index in [-0.39, 0.29) is 17.9 Å². The highest BCUT2D eigenvalue weighted by Crippen LogP contribution is 2.41. The van der Waals surface area contributed by atoms with Crippen molar-refractivity contribution < 1.29 is 19.0 Å². The Morgan fingerprint density at radius 2 is 2.27 bits per heavy atom. The molecule has 1 amide bonds. The van der Waals surface area contributed by atoms with E-state index in [1.54, 1.807) is 6.07 Å². The molecule has 1 atom stereocenters. The Morgan fingerprint density at radius 3 is 2.92 bits per heavy atom. The maximum atomic E-state index is 13.8. The summed E-state index contributed by atoms with van der Waals surface area (Å²) in [6.45, 7) is 2.01. The highest BCUT2D eigenvalue weighted by molar-refractivity contribution is 7.08. The summed E-state index contributed by atoms with van der Waals surface area (Å²) >= 11 is 1.06. The van der Waals surface area contributed by atoms with E-state index in [2.05, 4.69) is 14.9 Å². The second-order valence-electron chi connectivity index (χ2n) is 6.52. The van der Waals surface area contributed by atoms with E-state index in [4.69, 9.17) is 4.74 Å². The van der Waals surface area contributed by atoms with Crippen molar-refractivity contribution in [2.45, 2.75) is 44.8 Å². The Kier molecular flexibility index (Phi) is 5.83. The number of hydrogen-bond donors (Lipinski definition) is 2. The predicted octanol–water partition coefficient (Wildman–Crippen LogP) is 2.88. The second-order valence-corrected chi connectivity index (χ2v) is 7.28. The van der Waals surface area contributed by atoms with Gasteiger partial charge in [0.05, 0.1) is 24.9 Å². The average molecular weight is 379 g/mol. The minimum atomic E-state index is -0.451. The fraction of sp³-hybridized carbons (Fsp3) is 0.500. The Hall–Kier alpha value is -2.06. The molecule has 0 radical (unpaired) electrons. The third-order valence-corrected chi connectivity index (χ3v) is 5.45. The van der Waals surface area contributed by atoms with E-state index in [1.165, 1.54) is 19.2 Å². The first-order valence-electron chi connectivity index (χ1n) is 8.67. The third kappa shape index (κ3) is 3.86. The van der Waals surface area contributed by atoms with Crippen molar-refractivity contribution in [3.8, 4) is 5.75 Å². The third-order valence-electron chi connectivity index (χ3n) is 4.68. The summed E-state index contributed by atoms with van der Waals surface area (Å²) in [6.07, 6.45) is 2.25. The largest absolute Gasteiger partial charge is 0.496 e. The molecule has 1 saturated carbocycles. The van der Waals surface area contributed by atoms with Crippen LogP contribution in [0, 0.1) is 11.7 Å². The summed E-state index contributed by atoms with van der Waals surface area (Å²) in [6, 6.07) is 3.80. The van der Waals surface area contributed by atoms with E-state index >= 15 is 0 Å². The summed E-state index contributed by atoms with van der Waals surface area (Å²) < 4.78 is 23.1. The molecular weight excluding hydrogens is 357 g/mol. The number of halogens is 1. The monoisotopic (exact) mass is 379 g/mol. The summed E-state index contributed by atoms with van der Waals surface area (Å²) in [4.78, 5) is 13.3. The van der Waals surface area contributed by atoms with Gasteiger partial charge in [0, 0.05) is 5.56 Å². The van der Waals surface area contributed by atoms with Crippen molar-refractivity contribution in [3.63, 3.8) is 0 Å². The molecule has 8 heteroatoms. The lowest BCUT2D eigenvalue weighted by Gasteiger charge is -2.38. The number of rotatable bonds is 7. The number of hydrogen-bond acceptors (Lipinski definition) is 6. The smallest absolute Gasteiger partial charge is 0.265 e. The van der Waals surface area contributed by atoms with Gasteiger partial charge in [0.25, 0.3) is 5.91 Å². The molecule has 1 aromatic carbocycles. The highest BCUT2D eigenvalue weighted by Gasteiger charge is 2.37. The number of nitrogens with one attached hydrogen (secondary N) is 1. The van der Waals surface area contributed by atoms with Crippen LogP contribution in [0.25, 0.3) is 0 Å². The van der Waals surface area contributed by atoms with Crippen LogP contribution in [-0.2, 0) is 6.42 Å². The first kappa shape index (κ1) is 18.7. The number of carbonyl (C=O) groups excluding carboxylic acids is 1. The molecule has 1 aromatic heterocycles. The van der Waals surface area contributed by atoms with Crippen molar-refractivity contribution in [2.75, 3.05) is 7.11 Å². The quantitative estimate of drug-likeness (QED) is 0.773. The topological polar surface area (TPSA) is 84.3 Å². The Bertz CT molecular complexity index is 777. The van der Waals surface area contributed by atoms with Gasteiger partial charge in [0.1, 0.15) is 16.4 Å². The number of nitrogens with zero attached hydrogens (tertiary/aromatic N) is 2. The van der Waals surface area contributed by atoms with Crippen LogP contribution in [0.1, 0.15) is 53.2 Å². The van der Waals surface area contributed by atoms with E-state index in [1.807, 2.05) is 6.92 Å². The molecule has 1 heterocycles. The molecule has 140 valence electrons. The first-order valence-corrected chi connectivity index (χ1v) is 9.44. The Balaban J connectivity index is 1.89. The number of aliphatic hydroxyl groups is 1. The van der Waals surface area contributed by atoms with Crippen molar-refractivity contribution in [3.05, 3.63) is 40.2 Å². The minimum absolute atomic E-state index is 0.0140. The average Bonchev–Trinajstić information content (AvgIpc) is 3.06. The van der Waals surface area contributed by atoms with Crippen LogP contribution >= 0.6 is 11.5 Å². The van der Waals surface area contributed by atoms with Crippen molar-refractivity contribution in [1.29, 1.82) is 0 Å². The zero-order chi connectivity index (χ0) is 18.7. The lowest BCUT2D eigenvalue weighted by molar-refractivity contribution is 0.0231. The number of aliphatic hydroxyl groups excluding tert-OH is 1. The zero-order valence-electron chi connectivity index (χ0n) is 14.7. The normalized spacial score (nSPS) is 20.3. The van der Waals surface area contributed by atoms with E-state index in [9.17, 15) is 14.3 Å². The van der Waals surface area contributed by atoms with Crippen LogP contribution in [0.5, 0.6) is 5.75 Å². The maximum Gasteiger partial charge on any atom is 0.265 e. The van der Waals surface area contributed by atoms with E-state index < -0.39 is 11.9 Å². The lowest BCUT2D eigenvalue weighted by atomic mass is 9.74. The SMILES string of the molecule is CCCc1nnsc1C(=O)N[C@@H](c1cc(F)ccc1OC)C1CC(O)C1. The Labute approximate surface area is 155 Å². The van der Waals surface area contributed by atoms with Gasteiger partial charge in [-0.1, -0.05) is 17.8 Å². The predicted molar refractivity (Wildman–Crippen MR) is 95.8 cm³/mol. The summed E-state index contributed by atoms with van der Waals surface area (Å²) in [5.74, 6) is -0.151. The first-order chi connectivity index (χ1) is 12.5. The molecule has 0 bridgehead atoms. The van der Waals surface area contributed by atoms with E-state index in [0.717, 1.165) is 18.0 Å². The molecule has 3 rings (SSSR count). The van der Waals surface area contributed by atoms with E-state index in [0.29, 0.717) is 41.1 Å². The molecule has 1 aliphatic rings. The standard InChI is InChI=1S/C18H22FN3O3S/c1-3-4-14-17(26-22-21-14)18(24)20-16(10-7-12(23)8-10)13-9-11(19)5-6-15(13)25-2/h5-6,9-10,12,16,23H,3-4,7-8H2,1-2H3,(H,20,24)/t10?,12?,16-/m1/s1. The fourth-order valence-corrected chi connectivity index (χ4v) is 3.90. The van der Waals surface area contributed by atoms with Gasteiger partial charge in [0.2, 0.25) is 0 Å². The van der Waals surface area contributed by atoms with Gasteiger partial charge in [-0.05, 0) is 54.9 Å². The molecule has 2 N–H and O–H groups in total. The van der Waals surface area contributed by atoms with Crippen LogP contribution in [0.15, 0.2) is 18.2 Å². The zero-order valence-corrected chi connectivity index (χ0v) is 15.6. The molecule has 1 fully saturated rings. The fourth-order valence-electron chi connectivity index (χ4n) is 3.29. The number of carbonyl (C=O) groups is 1. The number of aromatic nitrogens is 2. The van der Waals surface area contributed by atoms with Crippen LogP contribution in [0.4, 0.5) is 4.39 Å². The summed E-state index contributed by atoms with van der Waals surface area (Å²) in [7, 11) is 1.51. The van der Waals surface area contributed by atoms with Gasteiger partial charge in [-0.3, -0.25) is 4.79 Å². The summed E-state index contributed by atoms with van der Waals surface area (Å²) in [5, 5.41) is 16.7. The molecule has 0 unspecified atom stereocenters. The number of ether oxygens (including phenoxy) is 1. The van der Waals surface area contributed by atoms with Gasteiger partial charge in [-0.15, -0.1) is 5.10 Å². The number of aryl methyl sites for hydroxylation is 1. The lowest BCUT2D eigenvalue weighted by Crippen LogP contribution is -2.41. The minimum Gasteiger partial charge on any atom is -0.496 e. The van der Waals surface area contributed by atoms with Gasteiger partial charge >= 0.3 is 0 Å². The molecule has 6 nitrogen and oxygen atoms in total. The molecule has 0 spiro atoms. The Morgan fingerprint density at radius 1 is 1.50 bits per heavy atom. The molecule has 2 aromatic rings. The number of amides is 1.